The summed E-state index contributed by atoms with van der Waals surface area (Å²) < 4.78 is 12.3. The van der Waals surface area contributed by atoms with Crippen molar-refractivity contribution in [2.45, 2.75) is 64.6 Å². The normalized spacial score (nSPS) is 20.1. The maximum absolute atomic E-state index is 6.19. The predicted molar refractivity (Wildman–Crippen MR) is 110 cm³/mol. The molecule has 1 aliphatic heterocycles. The maximum atomic E-state index is 6.19. The Bertz CT molecular complexity index is 708. The van der Waals surface area contributed by atoms with E-state index in [1.54, 1.807) is 0 Å². The third kappa shape index (κ3) is 4.65. The molecule has 4 rings (SSSR count). The highest BCUT2D eigenvalue weighted by Gasteiger charge is 2.18. The van der Waals surface area contributed by atoms with E-state index in [9.17, 15) is 0 Å². The summed E-state index contributed by atoms with van der Waals surface area (Å²) in [6, 6.07) is 13.2. The number of hydrogen-bond acceptors (Lipinski definition) is 3. The van der Waals surface area contributed by atoms with Crippen LogP contribution >= 0.6 is 0 Å². The molecule has 0 spiro atoms. The Hall–Kier alpha value is -2.00. The first kappa shape index (κ1) is 18.4. The van der Waals surface area contributed by atoms with Crippen molar-refractivity contribution in [1.82, 2.24) is 5.32 Å². The van der Waals surface area contributed by atoms with Crippen molar-refractivity contribution in [2.75, 3.05) is 13.1 Å². The summed E-state index contributed by atoms with van der Waals surface area (Å²) in [7, 11) is 0. The van der Waals surface area contributed by atoms with Gasteiger partial charge in [0.15, 0.2) is 0 Å². The van der Waals surface area contributed by atoms with Crippen LogP contribution in [0.4, 0.5) is 0 Å². The number of nitrogens with one attached hydrogen (secondary N) is 1. The van der Waals surface area contributed by atoms with Crippen LogP contribution in [0.2, 0.25) is 0 Å². The zero-order valence-electron chi connectivity index (χ0n) is 16.6. The fourth-order valence-corrected chi connectivity index (χ4v) is 4.24. The Labute approximate surface area is 163 Å². The first-order valence-electron chi connectivity index (χ1n) is 10.4. The summed E-state index contributed by atoms with van der Waals surface area (Å²) in [5.74, 6) is 2.07. The Balaban J connectivity index is 1.40. The van der Waals surface area contributed by atoms with Crippen LogP contribution in [0.5, 0.6) is 11.5 Å². The molecule has 0 amide bonds. The molecule has 27 heavy (non-hydrogen) atoms. The minimum Gasteiger partial charge on any atom is -0.490 e. The molecule has 3 nitrogen and oxygen atoms in total. The molecule has 144 valence electrons. The Morgan fingerprint density at radius 1 is 0.815 bits per heavy atom. The van der Waals surface area contributed by atoms with Crippen LogP contribution in [0, 0.1) is 13.8 Å². The summed E-state index contributed by atoms with van der Waals surface area (Å²) in [4.78, 5) is 0. The molecule has 2 fully saturated rings. The third-order valence-electron chi connectivity index (χ3n) is 5.79. The van der Waals surface area contributed by atoms with Gasteiger partial charge in [0.25, 0.3) is 0 Å². The van der Waals surface area contributed by atoms with Crippen molar-refractivity contribution >= 4 is 0 Å². The van der Waals surface area contributed by atoms with Gasteiger partial charge in [0.2, 0.25) is 0 Å². The molecule has 0 radical (unpaired) electrons. The number of ether oxygens (including phenoxy) is 2. The lowest BCUT2D eigenvalue weighted by atomic mass is 10.0. The summed E-state index contributed by atoms with van der Waals surface area (Å²) in [6.45, 7) is 6.31. The molecule has 0 aromatic heterocycles. The van der Waals surface area contributed by atoms with E-state index in [4.69, 9.17) is 9.47 Å². The zero-order chi connectivity index (χ0) is 18.6. The molecule has 1 unspecified atom stereocenters. The highest BCUT2D eigenvalue weighted by molar-refractivity contribution is 5.41. The molecule has 3 heteroatoms. The van der Waals surface area contributed by atoms with E-state index < -0.39 is 0 Å². The van der Waals surface area contributed by atoms with Gasteiger partial charge in [0.05, 0.1) is 6.10 Å². The third-order valence-corrected chi connectivity index (χ3v) is 5.79. The highest BCUT2D eigenvalue weighted by atomic mass is 16.5. The summed E-state index contributed by atoms with van der Waals surface area (Å²) in [5, 5.41) is 3.35. The Morgan fingerprint density at radius 3 is 1.93 bits per heavy atom. The molecular formula is C24H31NO2. The minimum atomic E-state index is 0.310. The van der Waals surface area contributed by atoms with Crippen molar-refractivity contribution < 1.29 is 9.47 Å². The van der Waals surface area contributed by atoms with E-state index in [1.165, 1.54) is 47.9 Å². The number of benzene rings is 2. The van der Waals surface area contributed by atoms with Gasteiger partial charge in [-0.25, -0.2) is 0 Å². The monoisotopic (exact) mass is 365 g/mol. The molecule has 1 heterocycles. The summed E-state index contributed by atoms with van der Waals surface area (Å²) >= 11 is 0. The summed E-state index contributed by atoms with van der Waals surface area (Å²) in [6.07, 6.45) is 7.77. The van der Waals surface area contributed by atoms with Crippen molar-refractivity contribution in [2.24, 2.45) is 0 Å². The van der Waals surface area contributed by atoms with E-state index >= 15 is 0 Å². The second-order valence-corrected chi connectivity index (χ2v) is 8.13. The SMILES string of the molecule is Cc1cc(Cc2ccc(OC3CCNC3)c(C)c2)ccc1OC1CCCC1. The van der Waals surface area contributed by atoms with Crippen LogP contribution in [0.3, 0.4) is 0 Å². The number of aryl methyl sites for hydroxylation is 2. The van der Waals surface area contributed by atoms with Crippen LogP contribution in [-0.4, -0.2) is 25.3 Å². The van der Waals surface area contributed by atoms with Crippen molar-refractivity contribution in [3.63, 3.8) is 0 Å². The van der Waals surface area contributed by atoms with Gasteiger partial charge in [-0.3, -0.25) is 0 Å². The molecule has 0 bridgehead atoms. The van der Waals surface area contributed by atoms with Gasteiger partial charge in [-0.05, 0) is 93.3 Å². The average molecular weight is 366 g/mol. The van der Waals surface area contributed by atoms with E-state index in [0.29, 0.717) is 12.2 Å². The molecule has 2 aliphatic rings. The molecule has 1 saturated carbocycles. The van der Waals surface area contributed by atoms with Crippen molar-refractivity contribution in [1.29, 1.82) is 0 Å². The van der Waals surface area contributed by atoms with Gasteiger partial charge in [0.1, 0.15) is 17.6 Å². The number of rotatable bonds is 6. The van der Waals surface area contributed by atoms with E-state index in [-0.39, 0.29) is 0 Å². The molecule has 1 N–H and O–H groups in total. The van der Waals surface area contributed by atoms with Gasteiger partial charge in [-0.2, -0.15) is 0 Å². The lowest BCUT2D eigenvalue weighted by Gasteiger charge is -2.17. The van der Waals surface area contributed by atoms with Crippen LogP contribution in [0.25, 0.3) is 0 Å². The van der Waals surface area contributed by atoms with Gasteiger partial charge < -0.3 is 14.8 Å². The van der Waals surface area contributed by atoms with Gasteiger partial charge in [0, 0.05) is 6.54 Å². The summed E-state index contributed by atoms with van der Waals surface area (Å²) in [5.41, 5.74) is 5.12. The van der Waals surface area contributed by atoms with E-state index in [2.05, 4.69) is 55.6 Å². The topological polar surface area (TPSA) is 30.5 Å². The lowest BCUT2D eigenvalue weighted by molar-refractivity contribution is 0.208. The zero-order valence-corrected chi connectivity index (χ0v) is 16.6. The van der Waals surface area contributed by atoms with Crippen LogP contribution in [0.1, 0.15) is 54.4 Å². The Morgan fingerprint density at radius 2 is 1.41 bits per heavy atom. The first-order chi connectivity index (χ1) is 13.2. The van der Waals surface area contributed by atoms with Gasteiger partial charge in [-0.1, -0.05) is 24.3 Å². The van der Waals surface area contributed by atoms with Gasteiger partial charge >= 0.3 is 0 Å². The predicted octanol–water partition coefficient (Wildman–Crippen LogP) is 4.96. The molecule has 2 aromatic rings. The second-order valence-electron chi connectivity index (χ2n) is 8.13. The lowest BCUT2D eigenvalue weighted by Crippen LogP contribution is -2.19. The Kier molecular flexibility index (Phi) is 5.68. The first-order valence-corrected chi connectivity index (χ1v) is 10.4. The smallest absolute Gasteiger partial charge is 0.122 e. The fourth-order valence-electron chi connectivity index (χ4n) is 4.24. The fraction of sp³-hybridized carbons (Fsp3) is 0.500. The van der Waals surface area contributed by atoms with E-state index in [0.717, 1.165) is 37.4 Å². The quantitative estimate of drug-likeness (QED) is 0.785. The largest absolute Gasteiger partial charge is 0.490 e. The molecule has 1 aliphatic carbocycles. The minimum absolute atomic E-state index is 0.310. The molecule has 1 atom stereocenters. The van der Waals surface area contributed by atoms with Crippen molar-refractivity contribution in [3.05, 3.63) is 58.7 Å². The molecular weight excluding hydrogens is 334 g/mol. The van der Waals surface area contributed by atoms with Crippen LogP contribution in [-0.2, 0) is 6.42 Å². The molecule has 2 aromatic carbocycles. The second kappa shape index (κ2) is 8.35. The van der Waals surface area contributed by atoms with Crippen molar-refractivity contribution in [3.8, 4) is 11.5 Å². The number of hydrogen-bond donors (Lipinski definition) is 1. The van der Waals surface area contributed by atoms with Gasteiger partial charge in [-0.15, -0.1) is 0 Å². The standard InChI is InChI=1S/C24H31NO2/c1-17-13-19(7-9-23(17)26-21-5-3-4-6-21)15-20-8-10-24(18(2)14-20)27-22-11-12-25-16-22/h7-10,13-14,21-22,25H,3-6,11-12,15-16H2,1-2H3. The van der Waals surface area contributed by atoms with Crippen LogP contribution in [0.15, 0.2) is 36.4 Å². The molecule has 1 saturated heterocycles. The maximum Gasteiger partial charge on any atom is 0.122 e. The average Bonchev–Trinajstić information content (AvgIpc) is 3.34. The van der Waals surface area contributed by atoms with E-state index in [1.807, 2.05) is 0 Å². The van der Waals surface area contributed by atoms with Crippen LogP contribution < -0.4 is 14.8 Å². The highest BCUT2D eigenvalue weighted by Crippen LogP contribution is 2.28.